The minimum atomic E-state index is -3.54. The number of hydrogen-bond acceptors (Lipinski definition) is 5. The number of thiophene rings is 1. The summed E-state index contributed by atoms with van der Waals surface area (Å²) in [5, 5.41) is 4.62. The number of piperidine rings is 1. The summed E-state index contributed by atoms with van der Waals surface area (Å²) >= 11 is 1.19. The van der Waals surface area contributed by atoms with Gasteiger partial charge in [0, 0.05) is 37.4 Å². The van der Waals surface area contributed by atoms with Gasteiger partial charge in [-0.15, -0.1) is 11.3 Å². The maximum Gasteiger partial charge on any atom is 0.252 e. The summed E-state index contributed by atoms with van der Waals surface area (Å²) in [6, 6.07) is 10.5. The normalized spacial score (nSPS) is 20.8. The number of sulfonamides is 1. The maximum atomic E-state index is 12.7. The van der Waals surface area contributed by atoms with Gasteiger partial charge in [0.05, 0.1) is 5.92 Å². The van der Waals surface area contributed by atoms with E-state index in [1.165, 1.54) is 15.6 Å². The molecule has 2 saturated heterocycles. The second kappa shape index (κ2) is 8.25. The molecule has 0 radical (unpaired) electrons. The van der Waals surface area contributed by atoms with Gasteiger partial charge < -0.3 is 10.2 Å². The monoisotopic (exact) mass is 433 g/mol. The number of benzene rings is 1. The fraction of sp³-hybridized carbons (Fsp3) is 0.400. The zero-order valence-electron chi connectivity index (χ0n) is 15.9. The Morgan fingerprint density at radius 2 is 1.90 bits per heavy atom. The van der Waals surface area contributed by atoms with Crippen LogP contribution < -0.4 is 10.2 Å². The van der Waals surface area contributed by atoms with Crippen LogP contribution >= 0.6 is 11.3 Å². The highest BCUT2D eigenvalue weighted by atomic mass is 32.2. The molecule has 1 aromatic carbocycles. The van der Waals surface area contributed by atoms with Crippen LogP contribution in [-0.4, -0.2) is 44.2 Å². The summed E-state index contributed by atoms with van der Waals surface area (Å²) < 4.78 is 27.2. The Bertz CT molecular complexity index is 987. The predicted octanol–water partition coefficient (Wildman–Crippen LogP) is 2.91. The Balaban J connectivity index is 1.40. The second-order valence-electron chi connectivity index (χ2n) is 7.32. The molecule has 1 aromatic heterocycles. The van der Waals surface area contributed by atoms with E-state index in [1.807, 2.05) is 12.1 Å². The van der Waals surface area contributed by atoms with Gasteiger partial charge in [-0.25, -0.2) is 8.42 Å². The van der Waals surface area contributed by atoms with E-state index in [0.717, 1.165) is 18.7 Å². The third-order valence-corrected chi connectivity index (χ3v) is 8.60. The van der Waals surface area contributed by atoms with Crippen molar-refractivity contribution in [1.29, 1.82) is 0 Å². The molecule has 4 rings (SSSR count). The molecule has 2 aliphatic rings. The Morgan fingerprint density at radius 3 is 2.55 bits per heavy atom. The maximum absolute atomic E-state index is 12.7. The summed E-state index contributed by atoms with van der Waals surface area (Å²) in [5.74, 6) is -0.449. The molecule has 2 aromatic rings. The quantitative estimate of drug-likeness (QED) is 0.786. The third kappa shape index (κ3) is 4.22. The SMILES string of the molecule is O=C(Nc1ccc(N2CCCC2=O)cc1)[C@@H]1CCCN(S(=O)(=O)c2cccs2)C1. The molecule has 7 nitrogen and oxygen atoms in total. The molecule has 0 unspecified atom stereocenters. The van der Waals surface area contributed by atoms with E-state index in [-0.39, 0.29) is 18.4 Å². The molecule has 2 amide bonds. The summed E-state index contributed by atoms with van der Waals surface area (Å²) in [4.78, 5) is 26.3. The fourth-order valence-corrected chi connectivity index (χ4v) is 6.47. The minimum Gasteiger partial charge on any atom is -0.326 e. The van der Waals surface area contributed by atoms with Crippen LogP contribution in [0.1, 0.15) is 25.7 Å². The molecule has 3 heterocycles. The number of amides is 2. The largest absolute Gasteiger partial charge is 0.326 e. The van der Waals surface area contributed by atoms with Crippen LogP contribution in [0.2, 0.25) is 0 Å². The van der Waals surface area contributed by atoms with Crippen molar-refractivity contribution in [3.05, 3.63) is 41.8 Å². The van der Waals surface area contributed by atoms with Crippen molar-refractivity contribution >= 4 is 44.5 Å². The summed E-state index contributed by atoms with van der Waals surface area (Å²) in [6.45, 7) is 1.34. The van der Waals surface area contributed by atoms with Gasteiger partial charge in [-0.05, 0) is 55.0 Å². The highest BCUT2D eigenvalue weighted by Gasteiger charge is 2.33. The first-order valence-corrected chi connectivity index (χ1v) is 12.0. The van der Waals surface area contributed by atoms with Gasteiger partial charge in [0.25, 0.3) is 10.0 Å². The topological polar surface area (TPSA) is 86.8 Å². The van der Waals surface area contributed by atoms with Crippen molar-refractivity contribution in [2.24, 2.45) is 5.92 Å². The Morgan fingerprint density at radius 1 is 1.10 bits per heavy atom. The summed E-state index contributed by atoms with van der Waals surface area (Å²) in [6.07, 6.45) is 2.75. The van der Waals surface area contributed by atoms with Gasteiger partial charge in [0.2, 0.25) is 11.8 Å². The van der Waals surface area contributed by atoms with Gasteiger partial charge in [-0.1, -0.05) is 6.07 Å². The van der Waals surface area contributed by atoms with Gasteiger partial charge in [-0.3, -0.25) is 9.59 Å². The van der Waals surface area contributed by atoms with Crippen molar-refractivity contribution in [3.63, 3.8) is 0 Å². The fourth-order valence-electron chi connectivity index (χ4n) is 3.80. The van der Waals surface area contributed by atoms with Crippen LogP contribution in [0.15, 0.2) is 46.0 Å². The molecule has 154 valence electrons. The zero-order chi connectivity index (χ0) is 20.4. The predicted molar refractivity (Wildman–Crippen MR) is 112 cm³/mol. The molecular weight excluding hydrogens is 410 g/mol. The van der Waals surface area contributed by atoms with E-state index in [0.29, 0.717) is 35.7 Å². The third-order valence-electron chi connectivity index (χ3n) is 5.36. The summed E-state index contributed by atoms with van der Waals surface area (Å²) in [5.41, 5.74) is 1.47. The van der Waals surface area contributed by atoms with Crippen LogP contribution in [0.5, 0.6) is 0 Å². The lowest BCUT2D eigenvalue weighted by molar-refractivity contribution is -0.121. The molecule has 29 heavy (non-hydrogen) atoms. The highest BCUT2D eigenvalue weighted by molar-refractivity contribution is 7.91. The molecular formula is C20H23N3O4S2. The smallest absolute Gasteiger partial charge is 0.252 e. The van der Waals surface area contributed by atoms with Crippen molar-refractivity contribution < 1.29 is 18.0 Å². The Hall–Kier alpha value is -2.23. The van der Waals surface area contributed by atoms with Gasteiger partial charge >= 0.3 is 0 Å². The molecule has 1 N–H and O–H groups in total. The van der Waals surface area contributed by atoms with E-state index in [9.17, 15) is 18.0 Å². The number of anilines is 2. The zero-order valence-corrected chi connectivity index (χ0v) is 17.5. The number of nitrogens with one attached hydrogen (secondary N) is 1. The molecule has 0 bridgehead atoms. The first kappa shape index (κ1) is 20.1. The summed E-state index contributed by atoms with van der Waals surface area (Å²) in [7, 11) is -3.54. The van der Waals surface area contributed by atoms with Crippen LogP contribution in [0.3, 0.4) is 0 Å². The van der Waals surface area contributed by atoms with E-state index in [4.69, 9.17) is 0 Å². The van der Waals surface area contributed by atoms with Crippen LogP contribution in [0.4, 0.5) is 11.4 Å². The molecule has 0 saturated carbocycles. The standard InChI is InChI=1S/C20H23N3O4S2/c24-18-5-2-12-23(18)17-9-7-16(8-10-17)21-20(25)15-4-1-11-22(14-15)29(26,27)19-6-3-13-28-19/h3,6-10,13,15H,1-2,4-5,11-12,14H2,(H,21,25)/t15-/m1/s1. The highest BCUT2D eigenvalue weighted by Crippen LogP contribution is 2.28. The number of nitrogens with zero attached hydrogens (tertiary/aromatic N) is 2. The van der Waals surface area contributed by atoms with E-state index < -0.39 is 15.9 Å². The number of carbonyl (C=O) groups excluding carboxylic acids is 2. The Kier molecular flexibility index (Phi) is 5.71. The first-order valence-electron chi connectivity index (χ1n) is 9.70. The van der Waals surface area contributed by atoms with E-state index in [2.05, 4.69) is 5.32 Å². The first-order chi connectivity index (χ1) is 13.9. The van der Waals surface area contributed by atoms with E-state index >= 15 is 0 Å². The molecule has 2 aliphatic heterocycles. The number of carbonyl (C=O) groups is 2. The number of rotatable bonds is 5. The van der Waals surface area contributed by atoms with Crippen LogP contribution in [0, 0.1) is 5.92 Å². The molecule has 9 heteroatoms. The molecule has 0 aliphatic carbocycles. The van der Waals surface area contributed by atoms with Gasteiger partial charge in [0.15, 0.2) is 0 Å². The molecule has 1 atom stereocenters. The van der Waals surface area contributed by atoms with Crippen LogP contribution in [0.25, 0.3) is 0 Å². The lowest BCUT2D eigenvalue weighted by atomic mass is 9.98. The van der Waals surface area contributed by atoms with Gasteiger partial charge in [-0.2, -0.15) is 4.31 Å². The van der Waals surface area contributed by atoms with Crippen LogP contribution in [-0.2, 0) is 19.6 Å². The average molecular weight is 434 g/mol. The Labute approximate surface area is 174 Å². The van der Waals surface area contributed by atoms with Crippen molar-refractivity contribution in [3.8, 4) is 0 Å². The van der Waals surface area contributed by atoms with Crippen molar-refractivity contribution in [2.45, 2.75) is 29.9 Å². The lowest BCUT2D eigenvalue weighted by Crippen LogP contribution is -2.43. The van der Waals surface area contributed by atoms with Crippen molar-refractivity contribution in [1.82, 2.24) is 4.31 Å². The second-order valence-corrected chi connectivity index (χ2v) is 10.4. The molecule has 2 fully saturated rings. The van der Waals surface area contributed by atoms with Crippen molar-refractivity contribution in [2.75, 3.05) is 29.9 Å². The average Bonchev–Trinajstić information content (AvgIpc) is 3.41. The lowest BCUT2D eigenvalue weighted by Gasteiger charge is -2.30. The molecule has 0 spiro atoms. The van der Waals surface area contributed by atoms with E-state index in [1.54, 1.807) is 34.5 Å². The number of hydrogen-bond donors (Lipinski definition) is 1. The minimum absolute atomic E-state index is 0.121. The van der Waals surface area contributed by atoms with Gasteiger partial charge in [0.1, 0.15) is 4.21 Å².